The van der Waals surface area contributed by atoms with E-state index in [0.29, 0.717) is 28.5 Å². The molecular weight excluding hydrogens is 380 g/mol. The molecule has 3 heterocycles. The highest BCUT2D eigenvalue weighted by Gasteiger charge is 2.19. The quantitative estimate of drug-likeness (QED) is 0.406. The zero-order valence-electron chi connectivity index (χ0n) is 16.4. The summed E-state index contributed by atoms with van der Waals surface area (Å²) in [6, 6.07) is 15.9. The summed E-state index contributed by atoms with van der Waals surface area (Å²) in [7, 11) is 3.20. The van der Waals surface area contributed by atoms with E-state index in [4.69, 9.17) is 14.5 Å². The van der Waals surface area contributed by atoms with Crippen LogP contribution >= 0.6 is 0 Å². The Hall–Kier alpha value is -4.38. The molecule has 2 aromatic carbocycles. The van der Waals surface area contributed by atoms with Crippen LogP contribution < -0.4 is 14.8 Å². The fourth-order valence-electron chi connectivity index (χ4n) is 3.57. The van der Waals surface area contributed by atoms with E-state index in [1.54, 1.807) is 24.9 Å². The molecule has 148 valence electrons. The maximum absolute atomic E-state index is 9.45. The molecule has 8 nitrogen and oxygen atoms in total. The molecule has 30 heavy (non-hydrogen) atoms. The second kappa shape index (κ2) is 6.90. The van der Waals surface area contributed by atoms with E-state index in [2.05, 4.69) is 27.5 Å². The Morgan fingerprint density at radius 2 is 1.93 bits per heavy atom. The largest absolute Gasteiger partial charge is 0.493 e. The van der Waals surface area contributed by atoms with Crippen LogP contribution in [0.25, 0.3) is 27.8 Å². The molecule has 0 spiro atoms. The average Bonchev–Trinajstić information content (AvgIpc) is 3.48. The summed E-state index contributed by atoms with van der Waals surface area (Å²) in [5.74, 6) is 1.97. The number of benzene rings is 2. The van der Waals surface area contributed by atoms with E-state index < -0.39 is 0 Å². The van der Waals surface area contributed by atoms with Crippen LogP contribution in [0.3, 0.4) is 0 Å². The Morgan fingerprint density at radius 1 is 1.07 bits per heavy atom. The van der Waals surface area contributed by atoms with Crippen LogP contribution in [0.4, 0.5) is 11.5 Å². The Bertz CT molecular complexity index is 1420. The number of aromatic nitrogens is 4. The number of ether oxygens (including phenoxy) is 2. The number of anilines is 2. The van der Waals surface area contributed by atoms with Crippen LogP contribution in [-0.2, 0) is 0 Å². The normalized spacial score (nSPS) is 11.0. The van der Waals surface area contributed by atoms with E-state index in [-0.39, 0.29) is 0 Å². The molecule has 0 radical (unpaired) electrons. The number of fused-ring (bicyclic) bond motifs is 2. The van der Waals surface area contributed by atoms with Crippen LogP contribution in [0.2, 0.25) is 0 Å². The first-order chi connectivity index (χ1) is 14.7. The molecule has 0 saturated heterocycles. The highest BCUT2D eigenvalue weighted by Crippen LogP contribution is 2.36. The van der Waals surface area contributed by atoms with Gasteiger partial charge in [0, 0.05) is 40.6 Å². The smallest absolute Gasteiger partial charge is 0.173 e. The molecule has 3 aromatic heterocycles. The maximum atomic E-state index is 9.45. The van der Waals surface area contributed by atoms with E-state index >= 15 is 0 Å². The predicted molar refractivity (Wildman–Crippen MR) is 114 cm³/mol. The third kappa shape index (κ3) is 2.72. The first-order valence-electron chi connectivity index (χ1n) is 9.28. The standard InChI is InChI=1S/C22H18N6O2/c1-29-18-6-4-16(10-19(18)30-2)26-22-20(27-21-15(11-23)12-25-28(21)22)14-3-5-17-13(9-14)7-8-24-17/h3-10,12,24-26H,1-2H3. The van der Waals surface area contributed by atoms with E-state index in [9.17, 15) is 5.26 Å². The number of rotatable bonds is 5. The average molecular weight is 398 g/mol. The summed E-state index contributed by atoms with van der Waals surface area (Å²) in [6.07, 6.45) is 3.55. The molecule has 3 N–H and O–H groups in total. The number of methoxy groups -OCH3 is 2. The number of nitrogens with one attached hydrogen (secondary N) is 3. The van der Waals surface area contributed by atoms with Gasteiger partial charge in [0.1, 0.15) is 17.3 Å². The minimum Gasteiger partial charge on any atom is -0.493 e. The van der Waals surface area contributed by atoms with Gasteiger partial charge >= 0.3 is 0 Å². The molecular formula is C22H18N6O2. The fourth-order valence-corrected chi connectivity index (χ4v) is 3.57. The van der Waals surface area contributed by atoms with Gasteiger partial charge in [-0.25, -0.2) is 9.50 Å². The molecule has 0 aliphatic rings. The van der Waals surface area contributed by atoms with Crippen molar-refractivity contribution in [3.05, 3.63) is 60.4 Å². The Balaban J connectivity index is 1.67. The van der Waals surface area contributed by atoms with Crippen LogP contribution in [0, 0.1) is 11.3 Å². The van der Waals surface area contributed by atoms with E-state index in [0.717, 1.165) is 27.8 Å². The lowest BCUT2D eigenvalue weighted by Crippen LogP contribution is -1.99. The third-order valence-electron chi connectivity index (χ3n) is 5.05. The Kier molecular flexibility index (Phi) is 4.07. The van der Waals surface area contributed by atoms with Gasteiger partial charge in [0.25, 0.3) is 0 Å². The van der Waals surface area contributed by atoms with Gasteiger partial charge in [0.05, 0.1) is 14.2 Å². The van der Waals surface area contributed by atoms with Crippen molar-refractivity contribution in [2.75, 3.05) is 19.5 Å². The summed E-state index contributed by atoms with van der Waals surface area (Å²) in [5, 5.41) is 17.1. The first kappa shape index (κ1) is 17.7. The van der Waals surface area contributed by atoms with Crippen LogP contribution in [0.1, 0.15) is 5.56 Å². The second-order valence-electron chi connectivity index (χ2n) is 6.74. The van der Waals surface area contributed by atoms with Gasteiger partial charge in [0.15, 0.2) is 23.0 Å². The minimum atomic E-state index is 0.472. The van der Waals surface area contributed by atoms with Crippen molar-refractivity contribution >= 4 is 28.1 Å². The lowest BCUT2D eigenvalue weighted by molar-refractivity contribution is 0.355. The highest BCUT2D eigenvalue weighted by molar-refractivity contribution is 5.88. The van der Waals surface area contributed by atoms with Crippen molar-refractivity contribution in [3.8, 4) is 28.8 Å². The lowest BCUT2D eigenvalue weighted by atomic mass is 10.1. The van der Waals surface area contributed by atoms with Gasteiger partial charge < -0.3 is 19.8 Å². The van der Waals surface area contributed by atoms with Crippen molar-refractivity contribution in [2.24, 2.45) is 0 Å². The van der Waals surface area contributed by atoms with E-state index in [1.165, 1.54) is 0 Å². The molecule has 0 aliphatic heterocycles. The van der Waals surface area contributed by atoms with Gasteiger partial charge in [-0.05, 0) is 30.3 Å². The predicted octanol–water partition coefficient (Wildman–Crippen LogP) is 4.44. The van der Waals surface area contributed by atoms with Crippen molar-refractivity contribution in [1.82, 2.24) is 19.6 Å². The topological polar surface area (TPSA) is 103 Å². The second-order valence-corrected chi connectivity index (χ2v) is 6.74. The number of nitriles is 1. The number of H-pyrrole nitrogens is 2. The summed E-state index contributed by atoms with van der Waals surface area (Å²) >= 11 is 0. The van der Waals surface area contributed by atoms with Gasteiger partial charge in [-0.15, -0.1) is 0 Å². The zero-order chi connectivity index (χ0) is 20.7. The van der Waals surface area contributed by atoms with Crippen LogP contribution in [-0.4, -0.2) is 33.8 Å². The molecule has 5 aromatic rings. The summed E-state index contributed by atoms with van der Waals surface area (Å²) in [5.41, 5.74) is 4.55. The lowest BCUT2D eigenvalue weighted by Gasteiger charge is -2.12. The molecule has 0 bridgehead atoms. The van der Waals surface area contributed by atoms with Crippen molar-refractivity contribution in [3.63, 3.8) is 0 Å². The van der Waals surface area contributed by atoms with Gasteiger partial charge in [-0.3, -0.25) is 5.10 Å². The SMILES string of the molecule is COc1ccc(Nc2c(-c3ccc4[nH]ccc4c3)nc3c(C#N)c[nH]n23)cc1OC. The van der Waals surface area contributed by atoms with Crippen LogP contribution in [0.5, 0.6) is 11.5 Å². The van der Waals surface area contributed by atoms with E-state index in [1.807, 2.05) is 42.6 Å². The molecule has 8 heteroatoms. The molecule has 0 atom stereocenters. The molecule has 0 aliphatic carbocycles. The Labute approximate surface area is 171 Å². The van der Waals surface area contributed by atoms with Gasteiger partial charge in [-0.1, -0.05) is 6.07 Å². The third-order valence-corrected chi connectivity index (χ3v) is 5.05. The van der Waals surface area contributed by atoms with Gasteiger partial charge in [-0.2, -0.15) is 5.26 Å². The molecule has 0 unspecified atom stereocenters. The zero-order valence-corrected chi connectivity index (χ0v) is 16.4. The Morgan fingerprint density at radius 3 is 2.73 bits per heavy atom. The maximum Gasteiger partial charge on any atom is 0.173 e. The number of imidazole rings is 1. The molecule has 0 saturated carbocycles. The van der Waals surface area contributed by atoms with Crippen molar-refractivity contribution in [2.45, 2.75) is 0 Å². The number of nitrogens with zero attached hydrogens (tertiary/aromatic N) is 3. The minimum absolute atomic E-state index is 0.472. The molecule has 0 amide bonds. The van der Waals surface area contributed by atoms with Gasteiger partial charge in [0.2, 0.25) is 0 Å². The molecule has 5 rings (SSSR count). The molecule has 0 fully saturated rings. The summed E-state index contributed by atoms with van der Waals surface area (Å²) in [4.78, 5) is 7.96. The fraction of sp³-hybridized carbons (Fsp3) is 0.0909. The number of hydrogen-bond acceptors (Lipinski definition) is 5. The van der Waals surface area contributed by atoms with Crippen molar-refractivity contribution in [1.29, 1.82) is 5.26 Å². The van der Waals surface area contributed by atoms with Crippen LogP contribution in [0.15, 0.2) is 54.9 Å². The number of aromatic amines is 2. The van der Waals surface area contributed by atoms with Crippen molar-refractivity contribution < 1.29 is 9.47 Å². The highest BCUT2D eigenvalue weighted by atomic mass is 16.5. The first-order valence-corrected chi connectivity index (χ1v) is 9.28. The number of hydrogen-bond donors (Lipinski definition) is 3. The summed E-state index contributed by atoms with van der Waals surface area (Å²) < 4.78 is 12.5. The summed E-state index contributed by atoms with van der Waals surface area (Å²) in [6.45, 7) is 0. The monoisotopic (exact) mass is 398 g/mol.